The quantitative estimate of drug-likeness (QED) is 0.716. The zero-order valence-electron chi connectivity index (χ0n) is 7.33. The number of carboxylic acid groups (broad SMARTS) is 1. The summed E-state index contributed by atoms with van der Waals surface area (Å²) in [5.41, 5.74) is -0.188. The summed E-state index contributed by atoms with van der Waals surface area (Å²) < 4.78 is 12.7. The van der Waals surface area contributed by atoms with Gasteiger partial charge in [-0.2, -0.15) is 0 Å². The molecule has 0 atom stereocenters. The van der Waals surface area contributed by atoms with Gasteiger partial charge in [-0.25, -0.2) is 14.2 Å². The SMILES string of the molecule is C=CCNc1ncc(F)cc1C(=O)O. The molecule has 0 bridgehead atoms. The molecule has 0 amide bonds. The summed E-state index contributed by atoms with van der Waals surface area (Å²) in [6.45, 7) is 3.83. The molecule has 1 rings (SSSR count). The van der Waals surface area contributed by atoms with E-state index in [2.05, 4.69) is 16.9 Å². The van der Waals surface area contributed by atoms with Crippen LogP contribution in [0, 0.1) is 5.82 Å². The maximum Gasteiger partial charge on any atom is 0.339 e. The monoisotopic (exact) mass is 196 g/mol. The highest BCUT2D eigenvalue weighted by Crippen LogP contribution is 2.12. The zero-order chi connectivity index (χ0) is 10.6. The Morgan fingerprint density at radius 1 is 1.79 bits per heavy atom. The van der Waals surface area contributed by atoms with Gasteiger partial charge in [0.05, 0.1) is 6.20 Å². The molecule has 0 saturated heterocycles. The molecule has 0 unspecified atom stereocenters. The number of carboxylic acids is 1. The summed E-state index contributed by atoms with van der Waals surface area (Å²) >= 11 is 0. The lowest BCUT2D eigenvalue weighted by Crippen LogP contribution is -2.08. The van der Waals surface area contributed by atoms with E-state index in [0.29, 0.717) is 6.54 Å². The zero-order valence-corrected chi connectivity index (χ0v) is 7.33. The second kappa shape index (κ2) is 4.36. The van der Waals surface area contributed by atoms with Gasteiger partial charge >= 0.3 is 5.97 Å². The normalized spacial score (nSPS) is 9.50. The van der Waals surface area contributed by atoms with Gasteiger partial charge in [-0.15, -0.1) is 6.58 Å². The largest absolute Gasteiger partial charge is 0.478 e. The maximum atomic E-state index is 12.7. The van der Waals surface area contributed by atoms with Crippen molar-refractivity contribution in [2.24, 2.45) is 0 Å². The lowest BCUT2D eigenvalue weighted by molar-refractivity contribution is 0.0697. The van der Waals surface area contributed by atoms with Crippen molar-refractivity contribution < 1.29 is 14.3 Å². The molecule has 0 spiro atoms. The van der Waals surface area contributed by atoms with Gasteiger partial charge in [0.1, 0.15) is 17.2 Å². The van der Waals surface area contributed by atoms with E-state index in [1.54, 1.807) is 6.08 Å². The number of anilines is 1. The lowest BCUT2D eigenvalue weighted by Gasteiger charge is -2.05. The van der Waals surface area contributed by atoms with E-state index in [4.69, 9.17) is 5.11 Å². The van der Waals surface area contributed by atoms with E-state index in [9.17, 15) is 9.18 Å². The Hall–Kier alpha value is -1.91. The summed E-state index contributed by atoms with van der Waals surface area (Å²) in [5, 5.41) is 11.4. The van der Waals surface area contributed by atoms with Crippen LogP contribution in [0.4, 0.5) is 10.2 Å². The van der Waals surface area contributed by atoms with E-state index < -0.39 is 11.8 Å². The molecule has 1 heterocycles. The number of nitrogens with zero attached hydrogens (tertiary/aromatic N) is 1. The van der Waals surface area contributed by atoms with E-state index in [1.165, 1.54) is 0 Å². The van der Waals surface area contributed by atoms with E-state index >= 15 is 0 Å². The van der Waals surface area contributed by atoms with Crippen molar-refractivity contribution in [1.29, 1.82) is 0 Å². The first-order valence-electron chi connectivity index (χ1n) is 3.88. The van der Waals surface area contributed by atoms with Crippen LogP contribution in [0.15, 0.2) is 24.9 Å². The first-order valence-corrected chi connectivity index (χ1v) is 3.88. The molecule has 14 heavy (non-hydrogen) atoms. The van der Waals surface area contributed by atoms with Crippen molar-refractivity contribution in [2.75, 3.05) is 11.9 Å². The molecule has 0 aliphatic carbocycles. The Morgan fingerprint density at radius 2 is 2.50 bits per heavy atom. The standard InChI is InChI=1S/C9H9FN2O2/c1-2-3-11-8-7(9(13)14)4-6(10)5-12-8/h2,4-5H,1,3H2,(H,11,12)(H,13,14). The molecular formula is C9H9FN2O2. The predicted octanol–water partition coefficient (Wildman–Crippen LogP) is 1.52. The average Bonchev–Trinajstić information content (AvgIpc) is 2.15. The van der Waals surface area contributed by atoms with Crippen molar-refractivity contribution in [3.8, 4) is 0 Å². The first kappa shape index (κ1) is 10.2. The molecule has 0 aliphatic heterocycles. The van der Waals surface area contributed by atoms with Crippen LogP contribution in [0.1, 0.15) is 10.4 Å². The number of carbonyl (C=O) groups is 1. The van der Waals surface area contributed by atoms with Crippen LogP contribution < -0.4 is 5.32 Å². The molecule has 5 heteroatoms. The molecule has 0 aromatic carbocycles. The first-order chi connectivity index (χ1) is 6.65. The van der Waals surface area contributed by atoms with Gasteiger partial charge in [-0.1, -0.05) is 6.08 Å². The Morgan fingerprint density at radius 3 is 3.07 bits per heavy atom. The van der Waals surface area contributed by atoms with Crippen LogP contribution in [0.25, 0.3) is 0 Å². The number of nitrogens with one attached hydrogen (secondary N) is 1. The van der Waals surface area contributed by atoms with Gasteiger partial charge in [0.15, 0.2) is 0 Å². The highest BCUT2D eigenvalue weighted by molar-refractivity contribution is 5.93. The Kier molecular flexibility index (Phi) is 3.17. The Balaban J connectivity index is 3.01. The molecule has 0 saturated carbocycles. The fraction of sp³-hybridized carbons (Fsp3) is 0.111. The summed E-state index contributed by atoms with van der Waals surface area (Å²) in [4.78, 5) is 14.3. The minimum Gasteiger partial charge on any atom is -0.478 e. The second-order valence-corrected chi connectivity index (χ2v) is 2.52. The third-order valence-electron chi connectivity index (χ3n) is 1.50. The molecule has 0 fully saturated rings. The van der Waals surface area contributed by atoms with Crippen LogP contribution in [0.2, 0.25) is 0 Å². The van der Waals surface area contributed by atoms with Crippen LogP contribution in [0.5, 0.6) is 0 Å². The third kappa shape index (κ3) is 2.29. The van der Waals surface area contributed by atoms with E-state index in [-0.39, 0.29) is 11.4 Å². The van der Waals surface area contributed by atoms with Gasteiger partial charge in [0, 0.05) is 6.54 Å². The summed E-state index contributed by atoms with van der Waals surface area (Å²) in [6.07, 6.45) is 2.51. The van der Waals surface area contributed by atoms with Crippen LogP contribution in [-0.2, 0) is 0 Å². The van der Waals surface area contributed by atoms with Crippen molar-refractivity contribution in [3.05, 3.63) is 36.3 Å². The summed E-state index contributed by atoms with van der Waals surface area (Å²) in [7, 11) is 0. The highest BCUT2D eigenvalue weighted by Gasteiger charge is 2.11. The van der Waals surface area contributed by atoms with E-state index in [0.717, 1.165) is 12.3 Å². The Bertz CT molecular complexity index is 366. The minimum atomic E-state index is -1.22. The van der Waals surface area contributed by atoms with Gasteiger partial charge in [-0.3, -0.25) is 0 Å². The number of halogens is 1. The van der Waals surface area contributed by atoms with Crippen molar-refractivity contribution in [3.63, 3.8) is 0 Å². The van der Waals surface area contributed by atoms with Crippen molar-refractivity contribution >= 4 is 11.8 Å². The number of hydrogen-bond donors (Lipinski definition) is 2. The predicted molar refractivity (Wildman–Crippen MR) is 49.8 cm³/mol. The molecule has 74 valence electrons. The second-order valence-electron chi connectivity index (χ2n) is 2.52. The topological polar surface area (TPSA) is 62.2 Å². The summed E-state index contributed by atoms with van der Waals surface area (Å²) in [6, 6.07) is 0.917. The fourth-order valence-electron chi connectivity index (χ4n) is 0.912. The van der Waals surface area contributed by atoms with Crippen LogP contribution in [-0.4, -0.2) is 22.6 Å². The van der Waals surface area contributed by atoms with Crippen molar-refractivity contribution in [1.82, 2.24) is 4.98 Å². The van der Waals surface area contributed by atoms with E-state index in [1.807, 2.05) is 0 Å². The van der Waals surface area contributed by atoms with Gasteiger partial charge in [0.25, 0.3) is 0 Å². The molecule has 1 aromatic rings. The summed E-state index contributed by atoms with van der Waals surface area (Å²) in [5.74, 6) is -1.76. The van der Waals surface area contributed by atoms with Crippen LogP contribution >= 0.6 is 0 Å². The number of pyridine rings is 1. The molecule has 4 nitrogen and oxygen atoms in total. The molecule has 1 aromatic heterocycles. The number of hydrogen-bond acceptors (Lipinski definition) is 3. The third-order valence-corrected chi connectivity index (χ3v) is 1.50. The van der Waals surface area contributed by atoms with Gasteiger partial charge < -0.3 is 10.4 Å². The number of aromatic nitrogens is 1. The highest BCUT2D eigenvalue weighted by atomic mass is 19.1. The number of rotatable bonds is 4. The van der Waals surface area contributed by atoms with Gasteiger partial charge in [0.2, 0.25) is 0 Å². The number of aromatic carboxylic acids is 1. The minimum absolute atomic E-state index is 0.138. The van der Waals surface area contributed by atoms with Crippen molar-refractivity contribution in [2.45, 2.75) is 0 Å². The fourth-order valence-corrected chi connectivity index (χ4v) is 0.912. The maximum absolute atomic E-state index is 12.7. The molecule has 0 aliphatic rings. The van der Waals surface area contributed by atoms with Crippen LogP contribution in [0.3, 0.4) is 0 Å². The molecular weight excluding hydrogens is 187 g/mol. The Labute approximate surface area is 80.1 Å². The molecule has 2 N–H and O–H groups in total. The molecule has 0 radical (unpaired) electrons. The smallest absolute Gasteiger partial charge is 0.339 e. The average molecular weight is 196 g/mol. The van der Waals surface area contributed by atoms with Gasteiger partial charge in [-0.05, 0) is 6.07 Å². The lowest BCUT2D eigenvalue weighted by atomic mass is 10.2.